The Bertz CT molecular complexity index is 1450. The maximum Gasteiger partial charge on any atom is 0.413 e. The van der Waals surface area contributed by atoms with Crippen LogP contribution in [-0.4, -0.2) is 27.1 Å². The van der Waals surface area contributed by atoms with Gasteiger partial charge < -0.3 is 14.8 Å². The molecule has 0 radical (unpaired) electrons. The number of H-pyrrole nitrogens is 2. The first-order valence-electron chi connectivity index (χ1n) is 11.7. The van der Waals surface area contributed by atoms with Gasteiger partial charge in [0.1, 0.15) is 11.9 Å². The molecule has 1 saturated carbocycles. The molecule has 1 aromatic heterocycles. The lowest BCUT2D eigenvalue weighted by Gasteiger charge is -2.14. The summed E-state index contributed by atoms with van der Waals surface area (Å²) in [5.74, 6) is -0.561. The normalized spacial score (nSPS) is 14.6. The van der Waals surface area contributed by atoms with Gasteiger partial charge in [-0.1, -0.05) is 78.9 Å². The summed E-state index contributed by atoms with van der Waals surface area (Å²) < 4.78 is 5.45. The number of ether oxygens (including phenoxy) is 1. The first-order chi connectivity index (χ1) is 17.4. The van der Waals surface area contributed by atoms with E-state index >= 15 is 0 Å². The van der Waals surface area contributed by atoms with Gasteiger partial charge in [0, 0.05) is 5.56 Å². The van der Waals surface area contributed by atoms with E-state index in [9.17, 15) is 19.5 Å². The van der Waals surface area contributed by atoms with Gasteiger partial charge >= 0.3 is 17.8 Å². The van der Waals surface area contributed by atoms with Crippen molar-refractivity contribution >= 4 is 17.9 Å². The second-order valence-corrected chi connectivity index (χ2v) is 8.95. The predicted octanol–water partition coefficient (Wildman–Crippen LogP) is 5.46. The number of imidazole rings is 1. The molecule has 1 atom stereocenters. The molecule has 3 aromatic carbocycles. The monoisotopic (exact) mass is 483 g/mol. The summed E-state index contributed by atoms with van der Waals surface area (Å²) in [6, 6.07) is 24.4. The number of anilines is 1. The standard InChI is InChI=1S/C28H25N3O5/c1-17(18-5-3-2-4-6-18)36-27(35)31-24-23(29-26(34)30-24)21-9-7-19(8-10-21)20-11-13-22(14-12-20)28(15-16-28)25(32)33/h2-14,17H,15-16H2,1H3,(H,31,35)(H,32,33)(H2,29,30,34). The maximum atomic E-state index is 12.5. The number of carboxylic acid groups (broad SMARTS) is 1. The third kappa shape index (κ3) is 4.53. The van der Waals surface area contributed by atoms with E-state index in [4.69, 9.17) is 4.74 Å². The van der Waals surface area contributed by atoms with Crippen molar-refractivity contribution in [1.29, 1.82) is 0 Å². The van der Waals surface area contributed by atoms with Crippen LogP contribution in [-0.2, 0) is 14.9 Å². The summed E-state index contributed by atoms with van der Waals surface area (Å²) in [5, 5.41) is 12.1. The molecule has 182 valence electrons. The van der Waals surface area contributed by atoms with E-state index in [0.717, 1.165) is 22.3 Å². The molecule has 4 N–H and O–H groups in total. The zero-order chi connectivity index (χ0) is 25.3. The second-order valence-electron chi connectivity index (χ2n) is 8.95. The highest BCUT2D eigenvalue weighted by Crippen LogP contribution is 2.48. The number of aromatic nitrogens is 2. The molecule has 1 amide bonds. The van der Waals surface area contributed by atoms with E-state index < -0.39 is 29.3 Å². The number of carboxylic acids is 1. The number of rotatable bonds is 7. The largest absolute Gasteiger partial charge is 0.481 e. The Labute approximate surface area is 207 Å². The minimum atomic E-state index is -0.775. The third-order valence-electron chi connectivity index (χ3n) is 6.61. The quantitative estimate of drug-likeness (QED) is 0.278. The number of aromatic amines is 2. The third-order valence-corrected chi connectivity index (χ3v) is 6.61. The summed E-state index contributed by atoms with van der Waals surface area (Å²) in [5.41, 5.74) is 3.51. The first-order valence-corrected chi connectivity index (χ1v) is 11.7. The van der Waals surface area contributed by atoms with Crippen LogP contribution in [0.25, 0.3) is 22.4 Å². The molecule has 1 aliphatic rings. The molecule has 8 nitrogen and oxygen atoms in total. The van der Waals surface area contributed by atoms with E-state index in [1.807, 2.05) is 78.9 Å². The molecule has 8 heteroatoms. The van der Waals surface area contributed by atoms with Crippen molar-refractivity contribution in [2.24, 2.45) is 0 Å². The van der Waals surface area contributed by atoms with E-state index in [0.29, 0.717) is 24.1 Å². The fourth-order valence-electron chi connectivity index (χ4n) is 4.34. The number of nitrogens with one attached hydrogen (secondary N) is 3. The smallest absolute Gasteiger partial charge is 0.413 e. The van der Waals surface area contributed by atoms with E-state index in [2.05, 4.69) is 15.3 Å². The summed E-state index contributed by atoms with van der Waals surface area (Å²) in [6.45, 7) is 1.77. The lowest BCUT2D eigenvalue weighted by atomic mass is 9.93. The van der Waals surface area contributed by atoms with Crippen LogP contribution in [0.4, 0.5) is 10.6 Å². The van der Waals surface area contributed by atoms with E-state index in [1.165, 1.54) is 0 Å². The molecular formula is C28H25N3O5. The molecule has 0 bridgehead atoms. The molecule has 0 aliphatic heterocycles. The van der Waals surface area contributed by atoms with Gasteiger partial charge in [-0.05, 0) is 42.0 Å². The highest BCUT2D eigenvalue weighted by Gasteiger charge is 2.51. The first kappa shape index (κ1) is 23.2. The Kier molecular flexibility index (Phi) is 5.93. The Hall–Kier alpha value is -4.59. The number of amides is 1. The van der Waals surface area contributed by atoms with Crippen molar-refractivity contribution in [2.75, 3.05) is 5.32 Å². The summed E-state index contributed by atoms with van der Waals surface area (Å²) in [4.78, 5) is 41.4. The van der Waals surface area contributed by atoms with Crippen LogP contribution in [0.15, 0.2) is 83.7 Å². The van der Waals surface area contributed by atoms with Crippen LogP contribution in [0, 0.1) is 0 Å². The average Bonchev–Trinajstić information content (AvgIpc) is 3.63. The molecule has 0 saturated heterocycles. The van der Waals surface area contributed by atoms with Crippen LogP contribution >= 0.6 is 0 Å². The molecule has 36 heavy (non-hydrogen) atoms. The zero-order valence-electron chi connectivity index (χ0n) is 19.6. The molecular weight excluding hydrogens is 458 g/mol. The van der Waals surface area contributed by atoms with Crippen molar-refractivity contribution in [2.45, 2.75) is 31.3 Å². The number of aliphatic carboxylic acids is 1. The Morgan fingerprint density at radius 1 is 0.889 bits per heavy atom. The van der Waals surface area contributed by atoms with Gasteiger partial charge in [0.15, 0.2) is 0 Å². The zero-order valence-corrected chi connectivity index (χ0v) is 19.6. The van der Waals surface area contributed by atoms with Crippen LogP contribution < -0.4 is 11.0 Å². The predicted molar refractivity (Wildman–Crippen MR) is 136 cm³/mol. The van der Waals surface area contributed by atoms with Crippen molar-refractivity contribution in [3.8, 4) is 22.4 Å². The molecule has 5 rings (SSSR count). The van der Waals surface area contributed by atoms with Crippen LogP contribution in [0.1, 0.15) is 37.0 Å². The van der Waals surface area contributed by atoms with Gasteiger partial charge in [0.05, 0.1) is 11.1 Å². The highest BCUT2D eigenvalue weighted by molar-refractivity contribution is 5.89. The molecule has 1 aliphatic carbocycles. The van der Waals surface area contributed by atoms with E-state index in [1.54, 1.807) is 6.92 Å². The summed E-state index contributed by atoms with van der Waals surface area (Å²) in [6.07, 6.45) is 0.186. The number of benzene rings is 3. The number of carbonyl (C=O) groups excluding carboxylic acids is 1. The Balaban J connectivity index is 1.30. The lowest BCUT2D eigenvalue weighted by molar-refractivity contribution is -0.140. The van der Waals surface area contributed by atoms with Crippen molar-refractivity contribution < 1.29 is 19.4 Å². The van der Waals surface area contributed by atoms with Gasteiger partial charge in [-0.3, -0.25) is 15.1 Å². The van der Waals surface area contributed by atoms with Crippen LogP contribution in [0.2, 0.25) is 0 Å². The van der Waals surface area contributed by atoms with Gasteiger partial charge in [0.2, 0.25) is 0 Å². The van der Waals surface area contributed by atoms with Crippen LogP contribution in [0.3, 0.4) is 0 Å². The number of hydrogen-bond acceptors (Lipinski definition) is 4. The SMILES string of the molecule is CC(OC(=O)Nc1[nH]c(=O)[nH]c1-c1ccc(-c2ccc(C3(C(=O)O)CC3)cc2)cc1)c1ccccc1. The molecule has 1 heterocycles. The topological polar surface area (TPSA) is 124 Å². The second kappa shape index (κ2) is 9.22. The van der Waals surface area contributed by atoms with Gasteiger partial charge in [-0.25, -0.2) is 9.59 Å². The fraction of sp³-hybridized carbons (Fsp3) is 0.179. The van der Waals surface area contributed by atoms with Gasteiger partial charge in [-0.15, -0.1) is 0 Å². The maximum absolute atomic E-state index is 12.5. The fourth-order valence-corrected chi connectivity index (χ4v) is 4.34. The van der Waals surface area contributed by atoms with E-state index in [-0.39, 0.29) is 5.82 Å². The number of hydrogen-bond donors (Lipinski definition) is 4. The molecule has 0 spiro atoms. The summed E-state index contributed by atoms with van der Waals surface area (Å²) in [7, 11) is 0. The molecule has 4 aromatic rings. The van der Waals surface area contributed by atoms with Crippen molar-refractivity contribution in [3.05, 3.63) is 100 Å². The van der Waals surface area contributed by atoms with Gasteiger partial charge in [-0.2, -0.15) is 0 Å². The number of carbonyl (C=O) groups is 2. The average molecular weight is 484 g/mol. The minimum absolute atomic E-state index is 0.214. The van der Waals surface area contributed by atoms with Crippen molar-refractivity contribution in [3.63, 3.8) is 0 Å². The lowest BCUT2D eigenvalue weighted by Crippen LogP contribution is -2.19. The molecule has 1 fully saturated rings. The minimum Gasteiger partial charge on any atom is -0.481 e. The van der Waals surface area contributed by atoms with Gasteiger partial charge in [0.25, 0.3) is 0 Å². The Morgan fingerprint density at radius 2 is 1.47 bits per heavy atom. The van der Waals surface area contributed by atoms with Crippen LogP contribution in [0.5, 0.6) is 0 Å². The van der Waals surface area contributed by atoms with Crippen molar-refractivity contribution in [1.82, 2.24) is 9.97 Å². The Morgan fingerprint density at radius 3 is 2.06 bits per heavy atom. The highest BCUT2D eigenvalue weighted by atomic mass is 16.6. The summed E-state index contributed by atoms with van der Waals surface area (Å²) >= 11 is 0. The molecule has 1 unspecified atom stereocenters.